The first kappa shape index (κ1) is 15.1. The number of isothiocyanates is 1. The lowest BCUT2D eigenvalue weighted by molar-refractivity contribution is 0.475. The van der Waals surface area contributed by atoms with Crippen molar-refractivity contribution in [3.05, 3.63) is 72.5 Å². The van der Waals surface area contributed by atoms with Crippen molar-refractivity contribution in [2.24, 2.45) is 4.99 Å². The Labute approximate surface area is 138 Å². The Morgan fingerprint density at radius 1 is 0.783 bits per heavy atom. The number of phenolic OH excluding ortho intramolecular Hbond substituents is 1. The Kier molecular flexibility index (Phi) is 4.29. The highest BCUT2D eigenvalue weighted by Gasteiger charge is 2.05. The predicted molar refractivity (Wildman–Crippen MR) is 93.6 cm³/mol. The van der Waals surface area contributed by atoms with Crippen molar-refractivity contribution < 1.29 is 9.50 Å². The minimum atomic E-state index is -0.428. The van der Waals surface area contributed by atoms with Crippen LogP contribution in [0.25, 0.3) is 22.3 Å². The summed E-state index contributed by atoms with van der Waals surface area (Å²) in [6, 6.07) is 19.6. The molecule has 0 aromatic heterocycles. The summed E-state index contributed by atoms with van der Waals surface area (Å²) in [5.41, 5.74) is 3.89. The van der Waals surface area contributed by atoms with Crippen LogP contribution in [0, 0.1) is 5.82 Å². The summed E-state index contributed by atoms with van der Waals surface area (Å²) in [6.45, 7) is 0. The number of thiocarbonyl (C=S) groups is 1. The summed E-state index contributed by atoms with van der Waals surface area (Å²) in [6.07, 6.45) is 0. The van der Waals surface area contributed by atoms with E-state index in [9.17, 15) is 9.50 Å². The molecular formula is C19H12FNOS. The fraction of sp³-hybridized carbons (Fsp3) is 0. The molecule has 0 aliphatic heterocycles. The minimum absolute atomic E-state index is 0.185. The van der Waals surface area contributed by atoms with E-state index in [0.29, 0.717) is 0 Å². The summed E-state index contributed by atoms with van der Waals surface area (Å²) in [4.78, 5) is 3.67. The third kappa shape index (κ3) is 3.34. The molecule has 0 aliphatic rings. The predicted octanol–water partition coefficient (Wildman–Crippen LogP) is 5.60. The van der Waals surface area contributed by atoms with Gasteiger partial charge in [-0.05, 0) is 58.7 Å². The van der Waals surface area contributed by atoms with Crippen LogP contribution in [-0.4, -0.2) is 10.3 Å². The minimum Gasteiger partial charge on any atom is -0.508 e. The van der Waals surface area contributed by atoms with Gasteiger partial charge in [-0.15, -0.1) is 0 Å². The van der Waals surface area contributed by atoms with Crippen LogP contribution < -0.4 is 0 Å². The van der Waals surface area contributed by atoms with E-state index in [-0.39, 0.29) is 11.4 Å². The molecule has 0 saturated carbocycles. The van der Waals surface area contributed by atoms with Gasteiger partial charge in [0.25, 0.3) is 0 Å². The van der Waals surface area contributed by atoms with Gasteiger partial charge >= 0.3 is 0 Å². The van der Waals surface area contributed by atoms with Crippen LogP contribution in [0.2, 0.25) is 0 Å². The number of nitrogens with zero attached hydrogens (tertiary/aromatic N) is 1. The van der Waals surface area contributed by atoms with Crippen LogP contribution in [-0.2, 0) is 0 Å². The van der Waals surface area contributed by atoms with E-state index in [2.05, 4.69) is 22.4 Å². The summed E-state index contributed by atoms with van der Waals surface area (Å²) in [7, 11) is 0. The zero-order chi connectivity index (χ0) is 16.2. The van der Waals surface area contributed by atoms with Crippen LogP contribution in [0.15, 0.2) is 71.7 Å². The Morgan fingerprint density at radius 2 is 1.26 bits per heavy atom. The lowest BCUT2D eigenvalue weighted by Gasteiger charge is -2.06. The van der Waals surface area contributed by atoms with Gasteiger partial charge in [-0.1, -0.05) is 42.5 Å². The number of halogens is 1. The first-order chi connectivity index (χ1) is 11.2. The van der Waals surface area contributed by atoms with E-state index in [4.69, 9.17) is 0 Å². The van der Waals surface area contributed by atoms with E-state index in [1.54, 1.807) is 24.3 Å². The standard InChI is InChI=1S/C19H12FNOS/c20-18-11-16(7-10-19(18)21-12-23)15-3-1-13(2-4-15)14-5-8-17(22)9-6-14/h1-11,22H. The first-order valence-corrected chi connectivity index (χ1v) is 7.35. The molecule has 3 aromatic rings. The molecule has 0 saturated heterocycles. The van der Waals surface area contributed by atoms with Gasteiger partial charge in [-0.2, -0.15) is 4.99 Å². The number of aromatic hydroxyl groups is 1. The van der Waals surface area contributed by atoms with E-state index < -0.39 is 5.82 Å². The summed E-state index contributed by atoms with van der Waals surface area (Å²) in [5.74, 6) is -0.192. The highest BCUT2D eigenvalue weighted by atomic mass is 32.1. The van der Waals surface area contributed by atoms with Gasteiger partial charge in [0.1, 0.15) is 17.3 Å². The molecule has 3 rings (SSSR count). The lowest BCUT2D eigenvalue weighted by atomic mass is 10.00. The topological polar surface area (TPSA) is 32.6 Å². The van der Waals surface area contributed by atoms with Crippen LogP contribution in [0.3, 0.4) is 0 Å². The number of benzene rings is 3. The average Bonchev–Trinajstić information content (AvgIpc) is 2.58. The quantitative estimate of drug-likeness (QED) is 0.503. The fourth-order valence-electron chi connectivity index (χ4n) is 2.34. The van der Waals surface area contributed by atoms with Gasteiger partial charge in [0.2, 0.25) is 0 Å². The van der Waals surface area contributed by atoms with Crippen LogP contribution >= 0.6 is 12.2 Å². The van der Waals surface area contributed by atoms with Crippen molar-refractivity contribution in [2.75, 3.05) is 0 Å². The maximum absolute atomic E-state index is 13.9. The Morgan fingerprint density at radius 3 is 1.78 bits per heavy atom. The molecule has 2 nitrogen and oxygen atoms in total. The molecule has 3 aromatic carbocycles. The molecule has 23 heavy (non-hydrogen) atoms. The fourth-order valence-corrected chi connectivity index (χ4v) is 2.43. The van der Waals surface area contributed by atoms with Gasteiger partial charge in [0.05, 0.1) is 5.16 Å². The highest BCUT2D eigenvalue weighted by molar-refractivity contribution is 7.78. The number of aliphatic imine (C=N–C) groups is 1. The molecule has 0 aliphatic carbocycles. The van der Waals surface area contributed by atoms with Crippen molar-refractivity contribution in [3.8, 4) is 28.0 Å². The largest absolute Gasteiger partial charge is 0.508 e. The number of hydrogen-bond donors (Lipinski definition) is 1. The van der Waals surface area contributed by atoms with Crippen molar-refractivity contribution in [1.29, 1.82) is 0 Å². The molecule has 0 atom stereocenters. The van der Waals surface area contributed by atoms with Crippen molar-refractivity contribution >= 4 is 23.1 Å². The maximum atomic E-state index is 13.9. The van der Waals surface area contributed by atoms with Gasteiger partial charge in [-0.3, -0.25) is 0 Å². The molecule has 1 N–H and O–H groups in total. The van der Waals surface area contributed by atoms with Crippen LogP contribution in [0.4, 0.5) is 10.1 Å². The Balaban J connectivity index is 1.91. The molecule has 4 heteroatoms. The highest BCUT2D eigenvalue weighted by Crippen LogP contribution is 2.28. The number of hydrogen-bond acceptors (Lipinski definition) is 3. The molecule has 0 fully saturated rings. The Hall–Kier alpha value is -2.81. The van der Waals surface area contributed by atoms with Crippen LogP contribution in [0.1, 0.15) is 0 Å². The van der Waals surface area contributed by atoms with E-state index >= 15 is 0 Å². The zero-order valence-electron chi connectivity index (χ0n) is 12.0. The van der Waals surface area contributed by atoms with Crippen molar-refractivity contribution in [1.82, 2.24) is 0 Å². The maximum Gasteiger partial charge on any atom is 0.150 e. The first-order valence-electron chi connectivity index (χ1n) is 6.94. The SMILES string of the molecule is Oc1ccc(-c2ccc(-c3ccc(N=C=S)c(F)c3)cc2)cc1. The molecule has 0 spiro atoms. The third-order valence-corrected chi connectivity index (χ3v) is 3.62. The average molecular weight is 321 g/mol. The molecule has 0 heterocycles. The van der Waals surface area contributed by atoms with Crippen molar-refractivity contribution in [2.45, 2.75) is 0 Å². The van der Waals surface area contributed by atoms with Crippen molar-refractivity contribution in [3.63, 3.8) is 0 Å². The summed E-state index contributed by atoms with van der Waals surface area (Å²) < 4.78 is 13.9. The van der Waals surface area contributed by atoms with Gasteiger partial charge in [-0.25, -0.2) is 4.39 Å². The molecule has 0 amide bonds. The van der Waals surface area contributed by atoms with E-state index in [1.807, 2.05) is 36.4 Å². The molecule has 112 valence electrons. The smallest absolute Gasteiger partial charge is 0.150 e. The second-order valence-corrected chi connectivity index (χ2v) is 5.18. The summed E-state index contributed by atoms with van der Waals surface area (Å²) >= 11 is 4.49. The second-order valence-electron chi connectivity index (χ2n) is 4.99. The number of phenols is 1. The Bertz CT molecular complexity index is 882. The second kappa shape index (κ2) is 6.53. The molecular weight excluding hydrogens is 309 g/mol. The third-order valence-electron chi connectivity index (χ3n) is 3.53. The molecule has 0 radical (unpaired) electrons. The van der Waals surface area contributed by atoms with Gasteiger partial charge in [0.15, 0.2) is 0 Å². The normalized spacial score (nSPS) is 10.1. The lowest BCUT2D eigenvalue weighted by Crippen LogP contribution is -1.83. The van der Waals surface area contributed by atoms with Gasteiger partial charge in [0, 0.05) is 0 Å². The zero-order valence-corrected chi connectivity index (χ0v) is 12.8. The van der Waals surface area contributed by atoms with Gasteiger partial charge < -0.3 is 5.11 Å². The number of rotatable bonds is 3. The van der Waals surface area contributed by atoms with Crippen LogP contribution in [0.5, 0.6) is 5.75 Å². The monoisotopic (exact) mass is 321 g/mol. The van der Waals surface area contributed by atoms with E-state index in [0.717, 1.165) is 22.3 Å². The molecule has 0 bridgehead atoms. The molecule has 0 unspecified atom stereocenters. The van der Waals surface area contributed by atoms with E-state index in [1.165, 1.54) is 6.07 Å². The summed E-state index contributed by atoms with van der Waals surface area (Å²) in [5, 5.41) is 11.5.